The second kappa shape index (κ2) is 10.1. The molecule has 1 fully saturated rings. The molecule has 3 aliphatic heterocycles. The van der Waals surface area contributed by atoms with E-state index in [0.29, 0.717) is 30.5 Å². The van der Waals surface area contributed by atoms with Gasteiger partial charge in [-0.3, -0.25) is 14.5 Å². The first-order valence-corrected chi connectivity index (χ1v) is 13.0. The number of rotatable bonds is 6. The molecule has 3 aliphatic rings. The Labute approximate surface area is 209 Å². The van der Waals surface area contributed by atoms with Crippen LogP contribution in [0, 0.1) is 0 Å². The van der Waals surface area contributed by atoms with Crippen molar-refractivity contribution >= 4 is 46.0 Å². The van der Waals surface area contributed by atoms with Gasteiger partial charge in [0, 0.05) is 31.7 Å². The molecule has 0 radical (unpaired) electrons. The SMILES string of the molecule is CCCC1C(=O)N=C2c3ccccc3N=C(SCC(=O)N3CCN(c4ccccc4OC)CC3)N21. The number of hydrogen-bond acceptors (Lipinski definition) is 7. The van der Waals surface area contributed by atoms with Gasteiger partial charge >= 0.3 is 0 Å². The zero-order chi connectivity index (χ0) is 24.4. The molecule has 2 aromatic rings. The van der Waals surface area contributed by atoms with E-state index in [2.05, 4.69) is 22.9 Å². The molecule has 3 heterocycles. The Morgan fingerprint density at radius 3 is 2.57 bits per heavy atom. The number of hydrogen-bond donors (Lipinski definition) is 0. The van der Waals surface area contributed by atoms with Crippen molar-refractivity contribution < 1.29 is 14.3 Å². The van der Waals surface area contributed by atoms with Gasteiger partial charge in [0.15, 0.2) is 5.17 Å². The summed E-state index contributed by atoms with van der Waals surface area (Å²) in [5, 5.41) is 0.674. The zero-order valence-corrected chi connectivity index (χ0v) is 20.8. The third-order valence-electron chi connectivity index (χ3n) is 6.55. The molecule has 2 amide bonds. The molecule has 1 atom stereocenters. The van der Waals surface area contributed by atoms with Crippen LogP contribution in [0.15, 0.2) is 58.5 Å². The highest BCUT2D eigenvalue weighted by atomic mass is 32.2. The number of thioether (sulfide) groups is 1. The van der Waals surface area contributed by atoms with E-state index < -0.39 is 0 Å². The standard InChI is InChI=1S/C26H29N5O3S/c1-3-8-21-25(33)28-24-18-9-4-5-10-19(18)27-26(31(21)24)35-17-23(32)30-15-13-29(14-16-30)20-11-6-7-12-22(20)34-2/h4-7,9-12,21H,3,8,13-17H2,1-2H3. The molecule has 0 bridgehead atoms. The third-order valence-corrected chi connectivity index (χ3v) is 7.49. The maximum absolute atomic E-state index is 13.1. The summed E-state index contributed by atoms with van der Waals surface area (Å²) in [7, 11) is 1.68. The molecule has 0 N–H and O–H groups in total. The molecule has 182 valence electrons. The normalized spacial score (nSPS) is 19.2. The lowest BCUT2D eigenvalue weighted by Gasteiger charge is -2.37. The molecule has 9 heteroatoms. The van der Waals surface area contributed by atoms with Gasteiger partial charge in [-0.05, 0) is 30.7 Å². The van der Waals surface area contributed by atoms with Gasteiger partial charge < -0.3 is 14.5 Å². The number of anilines is 1. The fourth-order valence-corrected chi connectivity index (χ4v) is 5.71. The van der Waals surface area contributed by atoms with E-state index in [-0.39, 0.29) is 23.6 Å². The van der Waals surface area contributed by atoms with Crippen LogP contribution in [0.2, 0.25) is 0 Å². The predicted molar refractivity (Wildman–Crippen MR) is 140 cm³/mol. The first kappa shape index (κ1) is 23.4. The largest absolute Gasteiger partial charge is 0.495 e. The molecule has 0 saturated carbocycles. The number of carbonyl (C=O) groups is 2. The van der Waals surface area contributed by atoms with Crippen molar-refractivity contribution in [2.24, 2.45) is 9.98 Å². The van der Waals surface area contributed by atoms with Crippen molar-refractivity contribution in [2.75, 3.05) is 43.9 Å². The summed E-state index contributed by atoms with van der Waals surface area (Å²) in [6.07, 6.45) is 1.57. The average molecular weight is 492 g/mol. The lowest BCUT2D eigenvalue weighted by atomic mass is 10.1. The van der Waals surface area contributed by atoms with E-state index in [1.165, 1.54) is 11.8 Å². The van der Waals surface area contributed by atoms with E-state index in [4.69, 9.17) is 9.73 Å². The minimum atomic E-state index is -0.353. The molecule has 2 aromatic carbocycles. The zero-order valence-electron chi connectivity index (χ0n) is 20.0. The molecule has 1 saturated heterocycles. The number of amides is 2. The summed E-state index contributed by atoms with van der Waals surface area (Å²) in [6.45, 7) is 4.86. The van der Waals surface area contributed by atoms with E-state index in [0.717, 1.165) is 42.2 Å². The maximum atomic E-state index is 13.1. The van der Waals surface area contributed by atoms with E-state index in [9.17, 15) is 9.59 Å². The van der Waals surface area contributed by atoms with E-state index in [1.54, 1.807) is 7.11 Å². The Hall–Kier alpha value is -3.33. The van der Waals surface area contributed by atoms with Crippen LogP contribution in [0.5, 0.6) is 5.75 Å². The second-order valence-electron chi connectivity index (χ2n) is 8.69. The van der Waals surface area contributed by atoms with Crippen LogP contribution in [0.25, 0.3) is 0 Å². The number of para-hydroxylation sites is 3. The second-order valence-corrected chi connectivity index (χ2v) is 9.63. The summed E-state index contributed by atoms with van der Waals surface area (Å²) >= 11 is 1.39. The highest BCUT2D eigenvalue weighted by molar-refractivity contribution is 8.14. The van der Waals surface area contributed by atoms with Crippen molar-refractivity contribution in [2.45, 2.75) is 25.8 Å². The Kier molecular flexibility index (Phi) is 6.77. The van der Waals surface area contributed by atoms with Crippen molar-refractivity contribution in [3.05, 3.63) is 54.1 Å². The molecule has 5 rings (SSSR count). The van der Waals surface area contributed by atoms with Crippen LogP contribution in [-0.4, -0.2) is 77.7 Å². The number of aliphatic imine (C=N–C) groups is 2. The van der Waals surface area contributed by atoms with Gasteiger partial charge in [0.25, 0.3) is 5.91 Å². The number of carbonyl (C=O) groups excluding carboxylic acids is 2. The van der Waals surface area contributed by atoms with Gasteiger partial charge in [0.05, 0.1) is 24.2 Å². The lowest BCUT2D eigenvalue weighted by molar-refractivity contribution is -0.128. The smallest absolute Gasteiger partial charge is 0.270 e. The minimum Gasteiger partial charge on any atom is -0.495 e. The summed E-state index contributed by atoms with van der Waals surface area (Å²) < 4.78 is 5.49. The number of benzene rings is 2. The number of fused-ring (bicyclic) bond motifs is 3. The number of ether oxygens (including phenoxy) is 1. The lowest BCUT2D eigenvalue weighted by Crippen LogP contribution is -2.50. The van der Waals surface area contributed by atoms with Gasteiger partial charge in [-0.1, -0.05) is 49.4 Å². The van der Waals surface area contributed by atoms with E-state index >= 15 is 0 Å². The molecule has 0 aliphatic carbocycles. The highest BCUT2D eigenvalue weighted by Crippen LogP contribution is 2.35. The molecule has 35 heavy (non-hydrogen) atoms. The fourth-order valence-electron chi connectivity index (χ4n) is 4.76. The number of piperazine rings is 1. The van der Waals surface area contributed by atoms with Crippen LogP contribution in [-0.2, 0) is 9.59 Å². The van der Waals surface area contributed by atoms with E-state index in [1.807, 2.05) is 52.3 Å². The number of methoxy groups -OCH3 is 1. The average Bonchev–Trinajstić information content (AvgIpc) is 3.23. The van der Waals surface area contributed by atoms with Gasteiger partial charge in [0.1, 0.15) is 17.6 Å². The summed E-state index contributed by atoms with van der Waals surface area (Å²) in [6, 6.07) is 15.3. The van der Waals surface area contributed by atoms with Gasteiger partial charge in [-0.2, -0.15) is 4.99 Å². The highest BCUT2D eigenvalue weighted by Gasteiger charge is 2.41. The first-order valence-electron chi connectivity index (χ1n) is 12.0. The van der Waals surface area contributed by atoms with Crippen molar-refractivity contribution in [3.63, 3.8) is 0 Å². The Morgan fingerprint density at radius 1 is 1.06 bits per heavy atom. The fraction of sp³-hybridized carbons (Fsp3) is 0.385. The van der Waals surface area contributed by atoms with Crippen LogP contribution < -0.4 is 9.64 Å². The van der Waals surface area contributed by atoms with Crippen LogP contribution in [0.4, 0.5) is 11.4 Å². The number of nitrogens with zero attached hydrogens (tertiary/aromatic N) is 5. The van der Waals surface area contributed by atoms with Crippen molar-refractivity contribution in [1.29, 1.82) is 0 Å². The minimum absolute atomic E-state index is 0.0762. The van der Waals surface area contributed by atoms with Gasteiger partial charge in [-0.15, -0.1) is 0 Å². The third kappa shape index (κ3) is 4.52. The van der Waals surface area contributed by atoms with Crippen LogP contribution in [0.1, 0.15) is 25.3 Å². The topological polar surface area (TPSA) is 77.8 Å². The molecule has 0 aromatic heterocycles. The van der Waals surface area contributed by atoms with Crippen LogP contribution in [0.3, 0.4) is 0 Å². The summed E-state index contributed by atoms with van der Waals surface area (Å²) in [4.78, 5) is 41.1. The van der Waals surface area contributed by atoms with Gasteiger partial charge in [-0.25, -0.2) is 4.99 Å². The number of amidine groups is 2. The predicted octanol–water partition coefficient (Wildman–Crippen LogP) is 3.54. The molecule has 0 spiro atoms. The quantitative estimate of drug-likeness (QED) is 0.615. The molecule has 1 unspecified atom stereocenters. The summed E-state index contributed by atoms with van der Waals surface area (Å²) in [5.74, 6) is 1.71. The molecular weight excluding hydrogens is 462 g/mol. The Balaban J connectivity index is 1.26. The van der Waals surface area contributed by atoms with Gasteiger partial charge in [0.2, 0.25) is 5.91 Å². The van der Waals surface area contributed by atoms with Crippen molar-refractivity contribution in [1.82, 2.24) is 9.80 Å². The van der Waals surface area contributed by atoms with Crippen molar-refractivity contribution in [3.8, 4) is 5.75 Å². The van der Waals surface area contributed by atoms with Crippen LogP contribution >= 0.6 is 11.8 Å². The Bertz CT molecular complexity index is 1190. The monoisotopic (exact) mass is 491 g/mol. The molecular formula is C26H29N5O3S. The first-order chi connectivity index (χ1) is 17.1. The summed E-state index contributed by atoms with van der Waals surface area (Å²) in [5.41, 5.74) is 2.70. The maximum Gasteiger partial charge on any atom is 0.270 e. The molecule has 8 nitrogen and oxygen atoms in total. The Morgan fingerprint density at radius 2 is 1.80 bits per heavy atom.